The molecule has 2 rings (SSSR count). The number of hydrogen-bond donors (Lipinski definition) is 1. The molecular weight excluding hydrogens is 252 g/mol. The zero-order chi connectivity index (χ0) is 15.0. The summed E-state index contributed by atoms with van der Waals surface area (Å²) < 4.78 is 0. The van der Waals surface area contributed by atoms with Gasteiger partial charge in [-0.2, -0.15) is 0 Å². The van der Waals surface area contributed by atoms with Crippen molar-refractivity contribution in [1.82, 2.24) is 10.2 Å². The molecule has 114 valence electrons. The smallest absolute Gasteiger partial charge is 0.222 e. The van der Waals surface area contributed by atoms with Crippen LogP contribution in [-0.2, 0) is 9.59 Å². The summed E-state index contributed by atoms with van der Waals surface area (Å²) in [5.74, 6) is 0.839. The molecule has 0 saturated carbocycles. The second-order valence-electron chi connectivity index (χ2n) is 7.81. The van der Waals surface area contributed by atoms with Crippen molar-refractivity contribution >= 4 is 11.8 Å². The highest BCUT2D eigenvalue weighted by molar-refractivity contribution is 5.79. The number of hydrogen-bond acceptors (Lipinski definition) is 2. The van der Waals surface area contributed by atoms with Crippen molar-refractivity contribution in [3.05, 3.63) is 0 Å². The third kappa shape index (κ3) is 3.33. The van der Waals surface area contributed by atoms with Gasteiger partial charge in [-0.25, -0.2) is 0 Å². The molecule has 2 fully saturated rings. The maximum absolute atomic E-state index is 12.4. The van der Waals surface area contributed by atoms with Crippen molar-refractivity contribution in [2.75, 3.05) is 19.6 Å². The van der Waals surface area contributed by atoms with Gasteiger partial charge in [-0.3, -0.25) is 9.59 Å². The van der Waals surface area contributed by atoms with E-state index in [4.69, 9.17) is 0 Å². The monoisotopic (exact) mass is 280 g/mol. The third-order valence-corrected chi connectivity index (χ3v) is 5.33. The first kappa shape index (κ1) is 15.3. The van der Waals surface area contributed by atoms with E-state index >= 15 is 0 Å². The van der Waals surface area contributed by atoms with E-state index in [-0.39, 0.29) is 22.6 Å². The van der Waals surface area contributed by atoms with Gasteiger partial charge in [0.05, 0.1) is 0 Å². The zero-order valence-electron chi connectivity index (χ0n) is 13.3. The van der Waals surface area contributed by atoms with E-state index in [1.54, 1.807) is 0 Å². The van der Waals surface area contributed by atoms with Crippen LogP contribution in [0.3, 0.4) is 0 Å². The SMILES string of the molecule is CC(CC(=O)N1CCC2(CC1)CNC(=O)C2)C(C)(C)C. The van der Waals surface area contributed by atoms with Gasteiger partial charge in [0.1, 0.15) is 0 Å². The summed E-state index contributed by atoms with van der Waals surface area (Å²) in [5, 5.41) is 2.93. The van der Waals surface area contributed by atoms with Crippen LogP contribution in [0.15, 0.2) is 0 Å². The standard InChI is InChI=1S/C16H28N2O2/c1-12(15(2,3)4)9-14(20)18-7-5-16(6-8-18)10-13(19)17-11-16/h12H,5-11H2,1-4H3,(H,17,19). The molecule has 1 unspecified atom stereocenters. The minimum Gasteiger partial charge on any atom is -0.356 e. The lowest BCUT2D eigenvalue weighted by Gasteiger charge is -2.39. The summed E-state index contributed by atoms with van der Waals surface area (Å²) in [6, 6.07) is 0. The number of carbonyl (C=O) groups excluding carboxylic acids is 2. The molecule has 4 heteroatoms. The second kappa shape index (κ2) is 5.38. The van der Waals surface area contributed by atoms with Crippen molar-refractivity contribution in [3.63, 3.8) is 0 Å². The fourth-order valence-electron chi connectivity index (χ4n) is 3.03. The molecule has 0 aromatic carbocycles. The third-order valence-electron chi connectivity index (χ3n) is 5.33. The normalized spacial score (nSPS) is 23.8. The number of nitrogens with zero attached hydrogens (tertiary/aromatic N) is 1. The molecule has 4 nitrogen and oxygen atoms in total. The van der Waals surface area contributed by atoms with E-state index in [1.807, 2.05) is 4.90 Å². The molecule has 0 aromatic heterocycles. The average Bonchev–Trinajstić information content (AvgIpc) is 2.70. The fraction of sp³-hybridized carbons (Fsp3) is 0.875. The van der Waals surface area contributed by atoms with Gasteiger partial charge in [0.15, 0.2) is 0 Å². The van der Waals surface area contributed by atoms with Gasteiger partial charge < -0.3 is 10.2 Å². The Balaban J connectivity index is 1.85. The van der Waals surface area contributed by atoms with Crippen LogP contribution in [0.25, 0.3) is 0 Å². The Kier molecular flexibility index (Phi) is 4.12. The second-order valence-corrected chi connectivity index (χ2v) is 7.81. The molecule has 20 heavy (non-hydrogen) atoms. The number of rotatable bonds is 2. The molecule has 1 atom stereocenters. The molecule has 0 aromatic rings. The van der Waals surface area contributed by atoms with Gasteiger partial charge in [0, 0.05) is 32.5 Å². The van der Waals surface area contributed by atoms with Crippen LogP contribution in [0.2, 0.25) is 0 Å². The first-order valence-corrected chi connectivity index (χ1v) is 7.76. The average molecular weight is 280 g/mol. The van der Waals surface area contributed by atoms with Crippen LogP contribution in [0.5, 0.6) is 0 Å². The highest BCUT2D eigenvalue weighted by Crippen LogP contribution is 2.38. The molecule has 1 N–H and O–H groups in total. The number of piperidine rings is 1. The van der Waals surface area contributed by atoms with Gasteiger partial charge in [0.25, 0.3) is 0 Å². The maximum Gasteiger partial charge on any atom is 0.222 e. The number of likely N-dealkylation sites (tertiary alicyclic amines) is 1. The molecule has 0 bridgehead atoms. The Labute approximate surface area is 122 Å². The minimum absolute atomic E-state index is 0.128. The van der Waals surface area contributed by atoms with Crippen LogP contribution in [-0.4, -0.2) is 36.3 Å². The molecule has 0 radical (unpaired) electrons. The van der Waals surface area contributed by atoms with E-state index in [2.05, 4.69) is 33.0 Å². The highest BCUT2D eigenvalue weighted by atomic mass is 16.2. The Morgan fingerprint density at radius 1 is 1.35 bits per heavy atom. The van der Waals surface area contributed by atoms with E-state index < -0.39 is 0 Å². The summed E-state index contributed by atoms with van der Waals surface area (Å²) in [7, 11) is 0. The van der Waals surface area contributed by atoms with Crippen molar-refractivity contribution < 1.29 is 9.59 Å². The van der Waals surface area contributed by atoms with Gasteiger partial charge in [-0.15, -0.1) is 0 Å². The van der Waals surface area contributed by atoms with Crippen molar-refractivity contribution in [2.24, 2.45) is 16.7 Å². The summed E-state index contributed by atoms with van der Waals surface area (Å²) >= 11 is 0. The lowest BCUT2D eigenvalue weighted by molar-refractivity contribution is -0.135. The van der Waals surface area contributed by atoms with Crippen molar-refractivity contribution in [2.45, 2.75) is 53.4 Å². The molecule has 2 aliphatic rings. The first-order valence-electron chi connectivity index (χ1n) is 7.76. The predicted molar refractivity (Wildman–Crippen MR) is 79.1 cm³/mol. The Morgan fingerprint density at radius 3 is 2.40 bits per heavy atom. The van der Waals surface area contributed by atoms with E-state index in [0.717, 1.165) is 32.5 Å². The highest BCUT2D eigenvalue weighted by Gasteiger charge is 2.41. The number of nitrogens with one attached hydrogen (secondary N) is 1. The van der Waals surface area contributed by atoms with Crippen LogP contribution in [0.1, 0.15) is 53.4 Å². The van der Waals surface area contributed by atoms with Gasteiger partial charge in [-0.05, 0) is 29.6 Å². The van der Waals surface area contributed by atoms with Crippen LogP contribution >= 0.6 is 0 Å². The van der Waals surface area contributed by atoms with Crippen LogP contribution in [0.4, 0.5) is 0 Å². The largest absolute Gasteiger partial charge is 0.356 e. The van der Waals surface area contributed by atoms with Gasteiger partial charge in [-0.1, -0.05) is 27.7 Å². The van der Waals surface area contributed by atoms with Crippen LogP contribution in [0, 0.1) is 16.7 Å². The quantitative estimate of drug-likeness (QED) is 0.843. The summed E-state index contributed by atoms with van der Waals surface area (Å²) in [6.07, 6.45) is 3.20. The number of amides is 2. The van der Waals surface area contributed by atoms with E-state index in [9.17, 15) is 9.59 Å². The summed E-state index contributed by atoms with van der Waals surface area (Å²) in [5.41, 5.74) is 0.304. The molecule has 0 aliphatic carbocycles. The number of carbonyl (C=O) groups is 2. The molecule has 2 amide bonds. The Hall–Kier alpha value is -1.06. The lowest BCUT2D eigenvalue weighted by atomic mass is 9.77. The maximum atomic E-state index is 12.4. The molecule has 2 saturated heterocycles. The zero-order valence-corrected chi connectivity index (χ0v) is 13.3. The lowest BCUT2D eigenvalue weighted by Crippen LogP contribution is -2.44. The van der Waals surface area contributed by atoms with Crippen LogP contribution < -0.4 is 5.32 Å². The molecule has 1 spiro atoms. The van der Waals surface area contributed by atoms with Crippen molar-refractivity contribution in [1.29, 1.82) is 0 Å². The first-order chi connectivity index (χ1) is 9.22. The summed E-state index contributed by atoms with van der Waals surface area (Å²) in [4.78, 5) is 25.8. The van der Waals surface area contributed by atoms with Gasteiger partial charge in [0.2, 0.25) is 11.8 Å². The molecule has 2 heterocycles. The van der Waals surface area contributed by atoms with E-state index in [0.29, 0.717) is 18.8 Å². The minimum atomic E-state index is 0.128. The Morgan fingerprint density at radius 2 is 1.95 bits per heavy atom. The van der Waals surface area contributed by atoms with Crippen molar-refractivity contribution in [3.8, 4) is 0 Å². The van der Waals surface area contributed by atoms with Gasteiger partial charge >= 0.3 is 0 Å². The fourth-order valence-corrected chi connectivity index (χ4v) is 3.03. The topological polar surface area (TPSA) is 49.4 Å². The summed E-state index contributed by atoms with van der Waals surface area (Å²) in [6.45, 7) is 11.1. The Bertz CT molecular complexity index is 390. The predicted octanol–water partition coefficient (Wildman–Crippen LogP) is 2.19. The molecular formula is C16H28N2O2. The van der Waals surface area contributed by atoms with E-state index in [1.165, 1.54) is 0 Å². The molecule has 2 aliphatic heterocycles.